The Bertz CT molecular complexity index is 248. The van der Waals surface area contributed by atoms with Crippen molar-refractivity contribution >= 4 is 14.4 Å². The fourth-order valence-electron chi connectivity index (χ4n) is 1.57. The van der Waals surface area contributed by atoms with Crippen LogP contribution in [0.15, 0.2) is 0 Å². The van der Waals surface area contributed by atoms with Gasteiger partial charge in [-0.2, -0.15) is 0 Å². The fraction of sp³-hybridized carbons (Fsp3) is 0.900. The van der Waals surface area contributed by atoms with Gasteiger partial charge < -0.3 is 14.9 Å². The van der Waals surface area contributed by atoms with Gasteiger partial charge in [0.25, 0.3) is 0 Å². The summed E-state index contributed by atoms with van der Waals surface area (Å²) in [6, 6.07) is 0. The predicted octanol–water partition coefficient (Wildman–Crippen LogP) is -0.0514. The Morgan fingerprint density at radius 3 is 2.71 bits per heavy atom. The minimum atomic E-state index is -1.66. The lowest BCUT2D eigenvalue weighted by atomic mass is 10.3. The van der Waals surface area contributed by atoms with Crippen LogP contribution in [0.3, 0.4) is 0 Å². The minimum Gasteiger partial charge on any atom is -0.385 e. The van der Waals surface area contributed by atoms with E-state index in [1.807, 2.05) is 14.1 Å². The van der Waals surface area contributed by atoms with Crippen LogP contribution in [0.4, 0.5) is 0 Å². The highest BCUT2D eigenvalue weighted by atomic mass is 31.1. The van der Waals surface area contributed by atoms with Crippen LogP contribution in [-0.2, 0) is 13.9 Å². The standard InChI is InChI=1S/C10H22N2O4P/c1-12(2,6-4-5-11-9-13)7-10(14)8-16-17(3)15/h9-10,14H,4-8H2,1-3H3/q+1/p+1. The van der Waals surface area contributed by atoms with E-state index in [4.69, 9.17) is 4.52 Å². The molecule has 0 radical (unpaired) electrons. The number of hydrogen-bond acceptors (Lipinski definition) is 4. The van der Waals surface area contributed by atoms with Crippen molar-refractivity contribution in [3.05, 3.63) is 0 Å². The Hall–Kier alpha value is -0.550. The van der Waals surface area contributed by atoms with Crippen LogP contribution in [-0.4, -0.2) is 69.1 Å². The maximum absolute atomic E-state index is 10.7. The molecule has 0 bridgehead atoms. The lowest BCUT2D eigenvalue weighted by Gasteiger charge is -2.31. The van der Waals surface area contributed by atoms with Crippen LogP contribution in [0.5, 0.6) is 0 Å². The van der Waals surface area contributed by atoms with E-state index in [2.05, 4.69) is 5.32 Å². The fourth-order valence-corrected chi connectivity index (χ4v) is 1.96. The molecule has 0 fully saturated rings. The summed E-state index contributed by atoms with van der Waals surface area (Å²) in [5.41, 5.74) is 0. The Balaban J connectivity index is 3.80. The van der Waals surface area contributed by atoms with Gasteiger partial charge >= 0.3 is 8.03 Å². The first-order chi connectivity index (χ1) is 7.87. The number of carbonyl (C=O) groups excluding carboxylic acids is 1. The molecule has 2 atom stereocenters. The third-order valence-electron chi connectivity index (χ3n) is 2.32. The third kappa shape index (κ3) is 10.3. The molecule has 0 aromatic rings. The van der Waals surface area contributed by atoms with Crippen molar-refractivity contribution in [2.45, 2.75) is 12.5 Å². The third-order valence-corrected chi connectivity index (χ3v) is 2.83. The average molecular weight is 266 g/mol. The molecular formula is C10H23N2O4P+2. The molecule has 7 heteroatoms. The zero-order valence-electron chi connectivity index (χ0n) is 10.8. The summed E-state index contributed by atoms with van der Waals surface area (Å²) >= 11 is 0. The number of rotatable bonds is 10. The van der Waals surface area contributed by atoms with Crippen molar-refractivity contribution < 1.29 is 23.5 Å². The first-order valence-corrected chi connectivity index (χ1v) is 7.21. The number of aliphatic hydroxyl groups excluding tert-OH is 1. The highest BCUT2D eigenvalue weighted by molar-refractivity contribution is 7.38. The van der Waals surface area contributed by atoms with E-state index >= 15 is 0 Å². The van der Waals surface area contributed by atoms with Crippen molar-refractivity contribution in [2.24, 2.45) is 0 Å². The van der Waals surface area contributed by atoms with E-state index < -0.39 is 14.1 Å². The van der Waals surface area contributed by atoms with Crippen LogP contribution < -0.4 is 5.32 Å². The number of hydrogen-bond donors (Lipinski definition) is 2. The van der Waals surface area contributed by atoms with E-state index in [1.165, 1.54) is 6.66 Å². The summed E-state index contributed by atoms with van der Waals surface area (Å²) in [4.78, 5) is 10.1. The van der Waals surface area contributed by atoms with Crippen molar-refractivity contribution in [3.8, 4) is 0 Å². The van der Waals surface area contributed by atoms with Crippen molar-refractivity contribution in [2.75, 3.05) is 47.0 Å². The Morgan fingerprint density at radius 2 is 2.18 bits per heavy atom. The van der Waals surface area contributed by atoms with Gasteiger partial charge in [-0.25, -0.2) is 0 Å². The zero-order valence-corrected chi connectivity index (χ0v) is 11.7. The summed E-state index contributed by atoms with van der Waals surface area (Å²) < 4.78 is 16.2. The molecule has 0 saturated carbocycles. The molecule has 0 aromatic carbocycles. The molecule has 0 aromatic heterocycles. The van der Waals surface area contributed by atoms with Crippen LogP contribution in [0.25, 0.3) is 0 Å². The molecule has 1 amide bonds. The molecule has 17 heavy (non-hydrogen) atoms. The van der Waals surface area contributed by atoms with Gasteiger partial charge in [-0.05, 0) is 4.57 Å². The number of carbonyl (C=O) groups is 1. The maximum atomic E-state index is 10.7. The summed E-state index contributed by atoms with van der Waals surface area (Å²) in [5, 5.41) is 12.3. The largest absolute Gasteiger partial charge is 0.504 e. The van der Waals surface area contributed by atoms with Gasteiger partial charge in [0.2, 0.25) is 6.41 Å². The smallest absolute Gasteiger partial charge is 0.385 e. The number of likely N-dealkylation sites (N-methyl/N-ethyl adjacent to an activating group) is 1. The minimum absolute atomic E-state index is 0.0972. The van der Waals surface area contributed by atoms with Crippen LogP contribution >= 0.6 is 8.03 Å². The number of quaternary nitrogens is 1. The Morgan fingerprint density at radius 1 is 1.53 bits per heavy atom. The summed E-state index contributed by atoms with van der Waals surface area (Å²) in [7, 11) is 2.34. The highest BCUT2D eigenvalue weighted by Gasteiger charge is 2.22. The highest BCUT2D eigenvalue weighted by Crippen LogP contribution is 2.15. The van der Waals surface area contributed by atoms with Crippen LogP contribution in [0.1, 0.15) is 6.42 Å². The van der Waals surface area contributed by atoms with Gasteiger partial charge in [-0.1, -0.05) is 0 Å². The zero-order chi connectivity index (χ0) is 13.3. The summed E-state index contributed by atoms with van der Waals surface area (Å²) in [6.45, 7) is 3.58. The average Bonchev–Trinajstić information content (AvgIpc) is 2.21. The maximum Gasteiger partial charge on any atom is 0.504 e. The monoisotopic (exact) mass is 266 g/mol. The second-order valence-electron chi connectivity index (χ2n) is 4.66. The van der Waals surface area contributed by atoms with Gasteiger partial charge in [0, 0.05) is 13.0 Å². The van der Waals surface area contributed by atoms with Gasteiger partial charge in [-0.3, -0.25) is 4.79 Å². The molecule has 100 valence electrons. The molecule has 2 N–H and O–H groups in total. The Kier molecular flexibility index (Phi) is 8.25. The first-order valence-electron chi connectivity index (χ1n) is 5.58. The number of nitrogens with one attached hydrogen (secondary N) is 1. The molecular weight excluding hydrogens is 243 g/mol. The van der Waals surface area contributed by atoms with Gasteiger partial charge in [0.15, 0.2) is 6.66 Å². The van der Waals surface area contributed by atoms with Crippen molar-refractivity contribution in [1.82, 2.24) is 5.32 Å². The lowest BCUT2D eigenvalue weighted by molar-refractivity contribution is -0.893. The van der Waals surface area contributed by atoms with Crippen molar-refractivity contribution in [1.29, 1.82) is 0 Å². The molecule has 0 rings (SSSR count). The molecule has 0 aliphatic heterocycles. The number of nitrogens with zero attached hydrogens (tertiary/aromatic N) is 1. The molecule has 2 unspecified atom stereocenters. The van der Waals surface area contributed by atoms with E-state index in [9.17, 15) is 14.5 Å². The predicted molar refractivity (Wildman–Crippen MR) is 66.0 cm³/mol. The second kappa shape index (κ2) is 8.53. The first kappa shape index (κ1) is 16.4. The quantitative estimate of drug-likeness (QED) is 0.251. The topological polar surface area (TPSA) is 75.6 Å². The second-order valence-corrected chi connectivity index (χ2v) is 5.79. The SMILES string of the molecule is C[P+](=O)OCC(O)C[N+](C)(C)CCCNC=O. The van der Waals surface area contributed by atoms with Gasteiger partial charge in [-0.15, -0.1) is 4.52 Å². The Labute approximate surface area is 103 Å². The molecule has 0 aliphatic carbocycles. The molecule has 0 aliphatic rings. The molecule has 6 nitrogen and oxygen atoms in total. The molecule has 0 spiro atoms. The lowest BCUT2D eigenvalue weighted by Crippen LogP contribution is -2.47. The molecule has 0 saturated heterocycles. The van der Waals surface area contributed by atoms with E-state index in [0.29, 0.717) is 24.0 Å². The number of aliphatic hydroxyl groups is 1. The van der Waals surface area contributed by atoms with E-state index in [0.717, 1.165) is 13.0 Å². The summed E-state index contributed by atoms with van der Waals surface area (Å²) in [6.07, 6.45) is 0.907. The normalized spacial score (nSPS) is 14.2. The van der Waals surface area contributed by atoms with Crippen molar-refractivity contribution in [3.63, 3.8) is 0 Å². The van der Waals surface area contributed by atoms with Crippen LogP contribution in [0.2, 0.25) is 0 Å². The van der Waals surface area contributed by atoms with Crippen LogP contribution in [0, 0.1) is 0 Å². The molecule has 0 heterocycles. The van der Waals surface area contributed by atoms with E-state index in [-0.39, 0.29) is 6.61 Å². The van der Waals surface area contributed by atoms with Gasteiger partial charge in [0.1, 0.15) is 19.3 Å². The summed E-state index contributed by atoms with van der Waals surface area (Å²) in [5.74, 6) is 0. The number of amides is 1. The van der Waals surface area contributed by atoms with Gasteiger partial charge in [0.05, 0.1) is 20.6 Å². The van der Waals surface area contributed by atoms with E-state index in [1.54, 1.807) is 0 Å².